The molecule has 0 atom stereocenters. The van der Waals surface area contributed by atoms with Crippen molar-refractivity contribution in [1.82, 2.24) is 5.43 Å². The molecule has 1 N–H and O–H groups in total. The summed E-state index contributed by atoms with van der Waals surface area (Å²) < 4.78 is 0. The van der Waals surface area contributed by atoms with E-state index in [0.29, 0.717) is 5.41 Å². The second kappa shape index (κ2) is 8.75. The summed E-state index contributed by atoms with van der Waals surface area (Å²) in [5, 5.41) is 4.20. The fourth-order valence-electron chi connectivity index (χ4n) is 1.49. The van der Waals surface area contributed by atoms with E-state index < -0.39 is 0 Å². The first kappa shape index (κ1) is 14.5. The van der Waals surface area contributed by atoms with Crippen molar-refractivity contribution < 1.29 is 0 Å². The average Bonchev–Trinajstić information content (AvgIpc) is 2.17. The van der Waals surface area contributed by atoms with E-state index in [1.54, 1.807) is 0 Å². The molecule has 15 heavy (non-hydrogen) atoms. The van der Waals surface area contributed by atoms with Gasteiger partial charge in [0.1, 0.15) is 0 Å². The molecular formula is C13H28N2. The summed E-state index contributed by atoms with van der Waals surface area (Å²) in [4.78, 5) is 0. The third-order valence-corrected chi connectivity index (χ3v) is 2.65. The van der Waals surface area contributed by atoms with E-state index in [-0.39, 0.29) is 0 Å². The number of hydrogen-bond acceptors (Lipinski definition) is 2. The fraction of sp³-hybridized carbons (Fsp3) is 0.923. The molecule has 0 aromatic carbocycles. The fourth-order valence-corrected chi connectivity index (χ4v) is 1.49. The first-order valence-corrected chi connectivity index (χ1v) is 6.36. The predicted octanol–water partition coefficient (Wildman–Crippen LogP) is 3.97. The molecule has 0 saturated heterocycles. The Kier molecular flexibility index (Phi) is 8.44. The van der Waals surface area contributed by atoms with Crippen LogP contribution in [0.4, 0.5) is 0 Å². The molecule has 0 aliphatic heterocycles. The van der Waals surface area contributed by atoms with Crippen LogP contribution in [0.1, 0.15) is 66.2 Å². The van der Waals surface area contributed by atoms with Gasteiger partial charge in [0.25, 0.3) is 0 Å². The maximum atomic E-state index is 4.20. The van der Waals surface area contributed by atoms with Crippen LogP contribution < -0.4 is 5.43 Å². The Morgan fingerprint density at radius 3 is 2.47 bits per heavy atom. The molecule has 2 nitrogen and oxygen atoms in total. The van der Waals surface area contributed by atoms with Gasteiger partial charge in [-0.05, 0) is 24.7 Å². The Labute approximate surface area is 95.5 Å². The molecule has 0 heterocycles. The lowest BCUT2D eigenvalue weighted by Crippen LogP contribution is -2.13. The highest BCUT2D eigenvalue weighted by Gasteiger charge is 2.15. The summed E-state index contributed by atoms with van der Waals surface area (Å²) >= 11 is 0. The highest BCUT2D eigenvalue weighted by atomic mass is 15.3. The van der Waals surface area contributed by atoms with E-state index in [1.807, 2.05) is 6.21 Å². The zero-order valence-electron chi connectivity index (χ0n) is 11.0. The number of nitrogens with zero attached hydrogens (tertiary/aromatic N) is 1. The van der Waals surface area contributed by atoms with Crippen molar-refractivity contribution in [2.75, 3.05) is 6.54 Å². The zero-order valence-corrected chi connectivity index (χ0v) is 11.0. The monoisotopic (exact) mass is 212 g/mol. The van der Waals surface area contributed by atoms with Crippen LogP contribution >= 0.6 is 0 Å². The first-order valence-electron chi connectivity index (χ1n) is 6.36. The Balaban J connectivity index is 3.58. The van der Waals surface area contributed by atoms with Gasteiger partial charge in [0.05, 0.1) is 0 Å². The molecule has 0 unspecified atom stereocenters. The largest absolute Gasteiger partial charge is 0.310 e. The molecule has 0 spiro atoms. The zero-order chi connectivity index (χ0) is 11.6. The maximum absolute atomic E-state index is 4.20. The summed E-state index contributed by atoms with van der Waals surface area (Å²) in [6.07, 6.45) is 9.56. The van der Waals surface area contributed by atoms with Crippen LogP contribution in [0, 0.1) is 5.41 Å². The molecule has 0 bridgehead atoms. The van der Waals surface area contributed by atoms with Crippen LogP contribution in [0.5, 0.6) is 0 Å². The summed E-state index contributed by atoms with van der Waals surface area (Å²) in [6, 6.07) is 0. The van der Waals surface area contributed by atoms with Gasteiger partial charge < -0.3 is 5.43 Å². The van der Waals surface area contributed by atoms with E-state index in [1.165, 1.54) is 25.7 Å². The highest BCUT2D eigenvalue weighted by molar-refractivity contribution is 5.57. The van der Waals surface area contributed by atoms with Crippen LogP contribution in [0.15, 0.2) is 5.10 Å². The van der Waals surface area contributed by atoms with Crippen molar-refractivity contribution in [3.05, 3.63) is 0 Å². The number of hydrazone groups is 1. The molecule has 0 amide bonds. The standard InChI is InChI=1S/C13H28N2/c1-5-7-8-9-13(3,4)10-12-15-14-11-6-2/h12,14H,5-11H2,1-4H3/b15-12-. The topological polar surface area (TPSA) is 24.4 Å². The summed E-state index contributed by atoms with van der Waals surface area (Å²) in [6.45, 7) is 10.0. The minimum absolute atomic E-state index is 0.409. The van der Waals surface area contributed by atoms with E-state index in [2.05, 4.69) is 38.2 Å². The third-order valence-electron chi connectivity index (χ3n) is 2.65. The minimum Gasteiger partial charge on any atom is -0.310 e. The molecule has 0 aliphatic rings. The van der Waals surface area contributed by atoms with Gasteiger partial charge in [-0.2, -0.15) is 5.10 Å². The van der Waals surface area contributed by atoms with Gasteiger partial charge in [-0.3, -0.25) is 0 Å². The van der Waals surface area contributed by atoms with Crippen LogP contribution in [-0.4, -0.2) is 12.8 Å². The van der Waals surface area contributed by atoms with E-state index in [4.69, 9.17) is 0 Å². The molecule has 0 aliphatic carbocycles. The van der Waals surface area contributed by atoms with Crippen LogP contribution in [-0.2, 0) is 0 Å². The van der Waals surface area contributed by atoms with Crippen molar-refractivity contribution in [2.24, 2.45) is 10.5 Å². The van der Waals surface area contributed by atoms with Crippen LogP contribution in [0.3, 0.4) is 0 Å². The number of nitrogens with one attached hydrogen (secondary N) is 1. The maximum Gasteiger partial charge on any atom is 0.0326 e. The van der Waals surface area contributed by atoms with Gasteiger partial charge in [-0.1, -0.05) is 47.0 Å². The Bertz CT molecular complexity index is 162. The normalized spacial score (nSPS) is 12.3. The van der Waals surface area contributed by atoms with E-state index >= 15 is 0 Å². The Morgan fingerprint density at radius 2 is 1.87 bits per heavy atom. The van der Waals surface area contributed by atoms with Gasteiger partial charge in [0, 0.05) is 12.8 Å². The van der Waals surface area contributed by atoms with Gasteiger partial charge in [0.2, 0.25) is 0 Å². The Morgan fingerprint density at radius 1 is 1.13 bits per heavy atom. The summed E-state index contributed by atoms with van der Waals surface area (Å²) in [5.41, 5.74) is 3.45. The van der Waals surface area contributed by atoms with Gasteiger partial charge in [-0.25, -0.2) is 0 Å². The molecule has 90 valence electrons. The molecule has 0 fully saturated rings. The van der Waals surface area contributed by atoms with Gasteiger partial charge in [0.15, 0.2) is 0 Å². The lowest BCUT2D eigenvalue weighted by molar-refractivity contribution is 0.336. The van der Waals surface area contributed by atoms with Gasteiger partial charge >= 0.3 is 0 Å². The molecule has 0 saturated carbocycles. The smallest absolute Gasteiger partial charge is 0.0326 e. The number of rotatable bonds is 9. The summed E-state index contributed by atoms with van der Waals surface area (Å²) in [7, 11) is 0. The SMILES string of the molecule is CCCCCC(C)(C)C/C=N\NCCC. The van der Waals surface area contributed by atoms with Crippen molar-refractivity contribution in [2.45, 2.75) is 66.2 Å². The van der Waals surface area contributed by atoms with E-state index in [9.17, 15) is 0 Å². The van der Waals surface area contributed by atoms with Crippen LogP contribution in [0.25, 0.3) is 0 Å². The molecule has 2 heteroatoms. The average molecular weight is 212 g/mol. The van der Waals surface area contributed by atoms with E-state index in [0.717, 1.165) is 19.4 Å². The van der Waals surface area contributed by atoms with Gasteiger partial charge in [-0.15, -0.1) is 0 Å². The number of unbranched alkanes of at least 4 members (excludes halogenated alkanes) is 2. The first-order chi connectivity index (χ1) is 7.12. The lowest BCUT2D eigenvalue weighted by Gasteiger charge is -2.22. The lowest BCUT2D eigenvalue weighted by atomic mass is 9.84. The van der Waals surface area contributed by atoms with Crippen LogP contribution in [0.2, 0.25) is 0 Å². The molecule has 0 aromatic heterocycles. The quantitative estimate of drug-likeness (QED) is 0.349. The minimum atomic E-state index is 0.409. The highest BCUT2D eigenvalue weighted by Crippen LogP contribution is 2.26. The molecular weight excluding hydrogens is 184 g/mol. The Hall–Kier alpha value is -0.530. The van der Waals surface area contributed by atoms with Crippen molar-refractivity contribution in [3.8, 4) is 0 Å². The van der Waals surface area contributed by atoms with Crippen molar-refractivity contribution in [3.63, 3.8) is 0 Å². The second-order valence-corrected chi connectivity index (χ2v) is 5.05. The number of hydrogen-bond donors (Lipinski definition) is 1. The second-order valence-electron chi connectivity index (χ2n) is 5.05. The van der Waals surface area contributed by atoms with Crippen molar-refractivity contribution in [1.29, 1.82) is 0 Å². The van der Waals surface area contributed by atoms with Crippen molar-refractivity contribution >= 4 is 6.21 Å². The third kappa shape index (κ3) is 9.77. The predicted molar refractivity (Wildman–Crippen MR) is 69.3 cm³/mol. The molecule has 0 rings (SSSR count). The molecule has 0 radical (unpaired) electrons. The summed E-state index contributed by atoms with van der Waals surface area (Å²) in [5.74, 6) is 0. The molecule has 0 aromatic rings.